The highest BCUT2D eigenvalue weighted by molar-refractivity contribution is 7.98. The number of amides is 1. The lowest BCUT2D eigenvalue weighted by Gasteiger charge is -2.27. The fraction of sp³-hybridized carbons (Fsp3) is 0.301. The standard InChI is InChI=1S/C19H23ClN2.C19H21NO.C19H21NS.C18H21N3O.C18H22N2/c1-21(2)12-5-13-22-18-7-4-3-6-15(18)8-9-16-10-11-17(20)14-19(16)22;2*1-20(2)13-7-11-17-16-9-4-3-8-15(16)14-21-19-12-6-5-10-18(17)19;1-19(2)12-13-21-17-11-7-6-10-16(17)20(3)15-9-5-4-8-14(15)18(21)22;1-19-13-6-14-20-17-9-4-2-7-15(17)11-12-16-8-3-5-10-18(16)20/h3-4,6-7,10-11,14H,5,8-9,12-13H2,1-2H3;2*3-6,8-12H,7,13-14H2,1-2H3;4-11H,12-13H2,1-3H3;2-5,7-10,19H,6,11-14H2,1H3/b;17-11+;17-11-;;. The Labute approximate surface area is 642 Å². The average Bonchev–Trinajstić information content (AvgIpc) is 1.65. The molecular weight excluding hydrogens is 1340 g/mol. The first-order valence-corrected chi connectivity index (χ1v) is 39.1. The maximum atomic E-state index is 13.0. The molecule has 0 aromatic heterocycles. The van der Waals surface area contributed by atoms with Gasteiger partial charge < -0.3 is 49.3 Å². The Morgan fingerprint density at radius 3 is 1.42 bits per heavy atom. The van der Waals surface area contributed by atoms with Crippen molar-refractivity contribution in [3.63, 3.8) is 0 Å². The van der Waals surface area contributed by atoms with E-state index < -0.39 is 0 Å². The number of carbonyl (C=O) groups is 1. The minimum atomic E-state index is 0.0641. The second kappa shape index (κ2) is 38.9. The number of hydrogen-bond donors (Lipinski definition) is 1. The molecule has 0 spiro atoms. The van der Waals surface area contributed by atoms with E-state index in [1.165, 1.54) is 94.4 Å². The number of rotatable bonds is 17. The largest absolute Gasteiger partial charge is 0.488 e. The maximum Gasteiger partial charge on any atom is 0.260 e. The van der Waals surface area contributed by atoms with Crippen LogP contribution in [0.1, 0.15) is 91.7 Å². The van der Waals surface area contributed by atoms with Crippen LogP contribution in [0.15, 0.2) is 254 Å². The lowest BCUT2D eigenvalue weighted by molar-refractivity contribution is 0.0986. The molecule has 106 heavy (non-hydrogen) atoms. The van der Waals surface area contributed by atoms with Gasteiger partial charge in [-0.05, 0) is 256 Å². The summed E-state index contributed by atoms with van der Waals surface area (Å²) in [7, 11) is 20.8. The molecule has 15 rings (SSSR count). The zero-order valence-corrected chi connectivity index (χ0v) is 65.7. The number of carbonyl (C=O) groups excluding carboxylic acids is 1. The van der Waals surface area contributed by atoms with Gasteiger partial charge in [0.1, 0.15) is 12.4 Å². The molecule has 11 nitrogen and oxygen atoms in total. The Balaban J connectivity index is 0.000000132. The van der Waals surface area contributed by atoms with E-state index >= 15 is 0 Å². The summed E-state index contributed by atoms with van der Waals surface area (Å²) in [4.78, 5) is 32.1. The number of nitrogens with one attached hydrogen (secondary N) is 1. The van der Waals surface area contributed by atoms with Crippen molar-refractivity contribution >= 4 is 80.2 Å². The van der Waals surface area contributed by atoms with Crippen LogP contribution in [0.3, 0.4) is 0 Å². The molecule has 1 N–H and O–H groups in total. The van der Waals surface area contributed by atoms with Gasteiger partial charge in [-0.2, -0.15) is 0 Å². The number of nitrogens with zero attached hydrogens (tertiary/aromatic N) is 8. The third-order valence-corrected chi connectivity index (χ3v) is 21.3. The molecule has 0 bridgehead atoms. The van der Waals surface area contributed by atoms with Crippen molar-refractivity contribution in [2.45, 2.75) is 68.6 Å². The van der Waals surface area contributed by atoms with Crippen molar-refractivity contribution in [1.29, 1.82) is 0 Å². The van der Waals surface area contributed by atoms with Crippen LogP contribution >= 0.6 is 23.4 Å². The van der Waals surface area contributed by atoms with E-state index in [1.807, 2.05) is 99.4 Å². The molecule has 0 fully saturated rings. The second-order valence-electron chi connectivity index (χ2n) is 28.7. The van der Waals surface area contributed by atoms with E-state index in [9.17, 15) is 4.79 Å². The second-order valence-corrected chi connectivity index (χ2v) is 30.2. The van der Waals surface area contributed by atoms with E-state index in [-0.39, 0.29) is 5.91 Å². The topological polar surface area (TPSA) is 64.3 Å². The van der Waals surface area contributed by atoms with Crippen molar-refractivity contribution in [2.75, 3.05) is 142 Å². The number of para-hydroxylation sites is 7. The summed E-state index contributed by atoms with van der Waals surface area (Å²) in [5, 5.41) is 4.06. The SMILES string of the molecule is CN(C)CC/C=C1/c2ccccc2CSc2ccccc21.CN(C)CC/C=C1\c2ccccc2COc2ccccc21.CN(C)CCCN1c2ccccc2CCc2ccc(Cl)cc21.CN(C)CCN1C(=O)c2ccccc2N(C)c2ccccc21.CNCCCN1c2ccccc2CCc2ccccc21. The first kappa shape index (κ1) is 77.9. The summed E-state index contributed by atoms with van der Waals surface area (Å²) in [6, 6.07) is 83.1. The fourth-order valence-corrected chi connectivity index (χ4v) is 15.7. The monoisotopic (exact) mass is 1450 g/mol. The van der Waals surface area contributed by atoms with Gasteiger partial charge in [0.05, 0.1) is 22.6 Å². The van der Waals surface area contributed by atoms with Crippen LogP contribution in [0.4, 0.5) is 39.8 Å². The molecule has 0 radical (unpaired) electrons. The number of thioether (sulfide) groups is 1. The van der Waals surface area contributed by atoms with Gasteiger partial charge in [0.2, 0.25) is 0 Å². The molecule has 13 heteroatoms. The molecule has 0 atom stereocenters. The van der Waals surface area contributed by atoms with Crippen LogP contribution in [-0.4, -0.2) is 148 Å². The van der Waals surface area contributed by atoms with Crippen LogP contribution in [0, 0.1) is 0 Å². The third kappa shape index (κ3) is 20.3. The number of halogens is 1. The predicted octanol–water partition coefficient (Wildman–Crippen LogP) is 19.7. The Morgan fingerprint density at radius 1 is 0.415 bits per heavy atom. The minimum absolute atomic E-state index is 0.0641. The van der Waals surface area contributed by atoms with Gasteiger partial charge in [0.15, 0.2) is 0 Å². The highest BCUT2D eigenvalue weighted by atomic mass is 35.5. The molecule has 1 amide bonds. The summed E-state index contributed by atoms with van der Waals surface area (Å²) in [6.07, 6.45) is 13.6. The number of anilines is 7. The Morgan fingerprint density at radius 2 is 0.849 bits per heavy atom. The van der Waals surface area contributed by atoms with Gasteiger partial charge in [0.25, 0.3) is 5.91 Å². The van der Waals surface area contributed by atoms with Crippen LogP contribution in [0.25, 0.3) is 11.1 Å². The third-order valence-electron chi connectivity index (χ3n) is 19.9. The number of hydrogen-bond acceptors (Lipinski definition) is 11. The van der Waals surface area contributed by atoms with Gasteiger partial charge in [-0.3, -0.25) is 4.79 Å². The summed E-state index contributed by atoms with van der Waals surface area (Å²) in [5.41, 5.74) is 25.5. The Kier molecular flexibility index (Phi) is 28.6. The van der Waals surface area contributed by atoms with E-state index in [4.69, 9.17) is 16.3 Å². The molecule has 0 saturated carbocycles. The average molecular weight is 1450 g/mol. The van der Waals surface area contributed by atoms with Crippen molar-refractivity contribution in [3.05, 3.63) is 315 Å². The number of ether oxygens (including phenoxy) is 1. The molecule has 0 aliphatic carbocycles. The molecule has 0 saturated heterocycles. The smallest absolute Gasteiger partial charge is 0.260 e. The molecule has 10 aromatic carbocycles. The van der Waals surface area contributed by atoms with Crippen molar-refractivity contribution in [2.24, 2.45) is 0 Å². The van der Waals surface area contributed by atoms with Crippen molar-refractivity contribution in [3.8, 4) is 5.75 Å². The van der Waals surface area contributed by atoms with Gasteiger partial charge >= 0.3 is 0 Å². The summed E-state index contributed by atoms with van der Waals surface area (Å²) in [5.74, 6) is 2.09. The quantitative estimate of drug-likeness (QED) is 0.0887. The highest BCUT2D eigenvalue weighted by Crippen LogP contribution is 2.44. The first-order valence-electron chi connectivity index (χ1n) is 37.7. The highest BCUT2D eigenvalue weighted by Gasteiger charge is 2.30. The predicted molar refractivity (Wildman–Crippen MR) is 453 cm³/mol. The lowest BCUT2D eigenvalue weighted by Crippen LogP contribution is -2.36. The zero-order valence-electron chi connectivity index (χ0n) is 64.1. The van der Waals surface area contributed by atoms with Crippen LogP contribution in [0.5, 0.6) is 5.75 Å². The van der Waals surface area contributed by atoms with Crippen LogP contribution in [0.2, 0.25) is 5.02 Å². The van der Waals surface area contributed by atoms with Crippen molar-refractivity contribution < 1.29 is 9.53 Å². The molecule has 0 unspecified atom stereocenters. The van der Waals surface area contributed by atoms with E-state index in [2.05, 4.69) is 276 Å². The Hall–Kier alpha value is -9.21. The van der Waals surface area contributed by atoms with Gasteiger partial charge in [-0.25, -0.2) is 0 Å². The number of likely N-dealkylation sites (N-methyl/N-ethyl adjacent to an activating group) is 1. The molecule has 5 heterocycles. The van der Waals surface area contributed by atoms with Gasteiger partial charge in [-0.15, -0.1) is 11.8 Å². The van der Waals surface area contributed by atoms with Gasteiger partial charge in [-0.1, -0.05) is 194 Å². The van der Waals surface area contributed by atoms with Crippen LogP contribution in [-0.2, 0) is 38.0 Å². The number of benzene rings is 10. The summed E-state index contributed by atoms with van der Waals surface area (Å²) in [6.45, 7) is 8.50. The summed E-state index contributed by atoms with van der Waals surface area (Å²) < 4.78 is 5.98. The lowest BCUT2D eigenvalue weighted by atomic mass is 9.93. The maximum absolute atomic E-state index is 13.0. The summed E-state index contributed by atoms with van der Waals surface area (Å²) >= 11 is 8.22. The number of fused-ring (bicyclic) bond motifs is 10. The minimum Gasteiger partial charge on any atom is -0.488 e. The number of aryl methyl sites for hydroxylation is 4. The molecule has 5 aliphatic heterocycles. The molecule has 5 aliphatic rings. The van der Waals surface area contributed by atoms with E-state index in [1.54, 1.807) is 0 Å². The Bertz CT molecular complexity index is 4320. The fourth-order valence-electron chi connectivity index (χ4n) is 14.4. The van der Waals surface area contributed by atoms with Gasteiger partial charge in [0, 0.05) is 90.3 Å². The normalized spacial score (nSPS) is 14.4. The molecule has 10 aromatic rings. The van der Waals surface area contributed by atoms with Crippen LogP contribution < -0.4 is 29.7 Å². The van der Waals surface area contributed by atoms with E-state index in [0.717, 1.165) is 136 Å². The zero-order chi connectivity index (χ0) is 74.3. The molecular formula is C93H108ClN9O2S. The van der Waals surface area contributed by atoms with Crippen molar-refractivity contribution in [1.82, 2.24) is 24.9 Å². The van der Waals surface area contributed by atoms with E-state index in [0.29, 0.717) is 13.2 Å². The molecule has 550 valence electrons. The first-order chi connectivity index (χ1) is 51.6.